The van der Waals surface area contributed by atoms with E-state index in [0.29, 0.717) is 11.5 Å². The molecule has 0 unspecified atom stereocenters. The van der Waals surface area contributed by atoms with E-state index in [4.69, 9.17) is 5.73 Å². The number of benzene rings is 1. The van der Waals surface area contributed by atoms with Gasteiger partial charge in [0.15, 0.2) is 5.82 Å². The molecule has 82 valence electrons. The Hall–Kier alpha value is -1.30. The Balaban J connectivity index is 2.26. The molecule has 0 bridgehead atoms. The number of pyridine rings is 1. The normalized spacial score (nSPS) is 10.1. The lowest BCUT2D eigenvalue weighted by molar-refractivity contribution is 1.20. The number of rotatable bonds is 2. The van der Waals surface area contributed by atoms with Crippen LogP contribution in [0.2, 0.25) is 0 Å². The number of anilines is 3. The van der Waals surface area contributed by atoms with Crippen molar-refractivity contribution < 1.29 is 0 Å². The highest BCUT2D eigenvalue weighted by Gasteiger charge is 2.01. The summed E-state index contributed by atoms with van der Waals surface area (Å²) < 4.78 is 1.20. The van der Waals surface area contributed by atoms with Gasteiger partial charge < -0.3 is 11.1 Å². The van der Waals surface area contributed by atoms with Gasteiger partial charge in [0.25, 0.3) is 0 Å². The van der Waals surface area contributed by atoms with E-state index in [9.17, 15) is 0 Å². The van der Waals surface area contributed by atoms with Gasteiger partial charge in [0, 0.05) is 15.0 Å². The number of nitrogens with one attached hydrogen (secondary N) is 1. The summed E-state index contributed by atoms with van der Waals surface area (Å²) in [7, 11) is 0. The monoisotopic (exact) mass is 325 g/mol. The number of nitrogens with zero attached hydrogens (tertiary/aromatic N) is 1. The van der Waals surface area contributed by atoms with Crippen molar-refractivity contribution in [2.75, 3.05) is 11.1 Å². The lowest BCUT2D eigenvalue weighted by Gasteiger charge is -2.08. The molecule has 1 heterocycles. The molecule has 2 aromatic rings. The first-order chi connectivity index (χ1) is 7.65. The number of hydrogen-bond acceptors (Lipinski definition) is 3. The van der Waals surface area contributed by atoms with Crippen molar-refractivity contribution >= 4 is 39.8 Å². The quantitative estimate of drug-likeness (QED) is 0.833. The van der Waals surface area contributed by atoms with Gasteiger partial charge in [-0.05, 0) is 65.9 Å². The zero-order chi connectivity index (χ0) is 11.5. The van der Waals surface area contributed by atoms with Crippen LogP contribution in [0.4, 0.5) is 17.2 Å². The largest absolute Gasteiger partial charge is 0.396 e. The summed E-state index contributed by atoms with van der Waals surface area (Å²) in [5.74, 6) is 0.709. The minimum Gasteiger partial charge on any atom is -0.396 e. The molecule has 0 spiro atoms. The first kappa shape index (κ1) is 11.2. The van der Waals surface area contributed by atoms with Gasteiger partial charge in [0.2, 0.25) is 0 Å². The highest BCUT2D eigenvalue weighted by molar-refractivity contribution is 14.1. The van der Waals surface area contributed by atoms with E-state index in [1.165, 1.54) is 3.57 Å². The molecule has 0 saturated heterocycles. The van der Waals surface area contributed by atoms with Crippen LogP contribution in [0.1, 0.15) is 5.69 Å². The molecule has 0 atom stereocenters. The van der Waals surface area contributed by atoms with E-state index >= 15 is 0 Å². The van der Waals surface area contributed by atoms with E-state index in [2.05, 4.69) is 32.9 Å². The van der Waals surface area contributed by atoms with Crippen LogP contribution < -0.4 is 11.1 Å². The van der Waals surface area contributed by atoms with Crippen LogP contribution >= 0.6 is 22.6 Å². The van der Waals surface area contributed by atoms with Gasteiger partial charge in [0.05, 0.1) is 5.69 Å². The van der Waals surface area contributed by atoms with Crippen LogP contribution in [0.15, 0.2) is 36.4 Å². The Morgan fingerprint density at radius 3 is 2.50 bits per heavy atom. The molecule has 16 heavy (non-hydrogen) atoms. The minimum absolute atomic E-state index is 0.657. The van der Waals surface area contributed by atoms with Crippen LogP contribution in [0.5, 0.6) is 0 Å². The van der Waals surface area contributed by atoms with Crippen LogP contribution in [-0.4, -0.2) is 4.98 Å². The first-order valence-corrected chi connectivity index (χ1v) is 5.99. The molecule has 0 radical (unpaired) electrons. The predicted molar refractivity (Wildman–Crippen MR) is 75.8 cm³/mol. The van der Waals surface area contributed by atoms with Gasteiger partial charge in [-0.25, -0.2) is 4.98 Å². The molecule has 3 N–H and O–H groups in total. The third kappa shape index (κ3) is 2.63. The molecule has 0 fully saturated rings. The molecular formula is C12H12IN3. The Morgan fingerprint density at radius 2 is 1.81 bits per heavy atom. The number of halogens is 1. The van der Waals surface area contributed by atoms with Crippen LogP contribution in [0.3, 0.4) is 0 Å². The van der Waals surface area contributed by atoms with Crippen LogP contribution in [-0.2, 0) is 0 Å². The zero-order valence-corrected chi connectivity index (χ0v) is 11.0. The van der Waals surface area contributed by atoms with E-state index in [1.807, 2.05) is 43.3 Å². The SMILES string of the molecule is Cc1ccc(N)c(Nc2ccc(I)cc2)n1. The van der Waals surface area contributed by atoms with E-state index < -0.39 is 0 Å². The lowest BCUT2D eigenvalue weighted by Crippen LogP contribution is -2.00. The van der Waals surface area contributed by atoms with Crippen molar-refractivity contribution in [2.45, 2.75) is 6.92 Å². The van der Waals surface area contributed by atoms with Crippen molar-refractivity contribution in [3.8, 4) is 0 Å². The molecule has 0 saturated carbocycles. The zero-order valence-electron chi connectivity index (χ0n) is 8.87. The smallest absolute Gasteiger partial charge is 0.153 e. The van der Waals surface area contributed by atoms with Crippen LogP contribution in [0, 0.1) is 10.5 Å². The maximum atomic E-state index is 5.84. The molecule has 0 aliphatic heterocycles. The van der Waals surface area contributed by atoms with E-state index in [0.717, 1.165) is 11.4 Å². The van der Waals surface area contributed by atoms with Gasteiger partial charge >= 0.3 is 0 Å². The van der Waals surface area contributed by atoms with Crippen molar-refractivity contribution in [1.82, 2.24) is 4.98 Å². The second-order valence-electron chi connectivity index (χ2n) is 3.52. The summed E-state index contributed by atoms with van der Waals surface area (Å²) >= 11 is 2.27. The third-order valence-corrected chi connectivity index (χ3v) is 2.89. The number of nitrogens with two attached hydrogens (primary N) is 1. The molecule has 1 aromatic carbocycles. The van der Waals surface area contributed by atoms with Gasteiger partial charge in [-0.1, -0.05) is 0 Å². The molecular weight excluding hydrogens is 313 g/mol. The average molecular weight is 325 g/mol. The molecule has 0 aliphatic carbocycles. The summed E-state index contributed by atoms with van der Waals surface area (Å²) in [5.41, 5.74) is 8.43. The number of hydrogen-bond donors (Lipinski definition) is 2. The Bertz CT molecular complexity index is 494. The van der Waals surface area contributed by atoms with Crippen molar-refractivity contribution in [3.63, 3.8) is 0 Å². The maximum absolute atomic E-state index is 5.84. The Kier molecular flexibility index (Phi) is 3.28. The summed E-state index contributed by atoms with van der Waals surface area (Å²) in [5, 5.41) is 3.20. The van der Waals surface area contributed by atoms with Crippen molar-refractivity contribution in [2.24, 2.45) is 0 Å². The van der Waals surface area contributed by atoms with Gasteiger partial charge in [-0.15, -0.1) is 0 Å². The summed E-state index contributed by atoms with van der Waals surface area (Å²) in [4.78, 5) is 4.35. The number of nitrogen functional groups attached to an aromatic ring is 1. The average Bonchev–Trinajstić information content (AvgIpc) is 2.27. The highest BCUT2D eigenvalue weighted by Crippen LogP contribution is 2.21. The lowest BCUT2D eigenvalue weighted by atomic mass is 10.3. The number of aromatic nitrogens is 1. The van der Waals surface area contributed by atoms with Crippen molar-refractivity contribution in [1.29, 1.82) is 0 Å². The molecule has 4 heteroatoms. The van der Waals surface area contributed by atoms with Gasteiger partial charge in [-0.2, -0.15) is 0 Å². The van der Waals surface area contributed by atoms with E-state index in [1.54, 1.807) is 0 Å². The van der Waals surface area contributed by atoms with E-state index in [-0.39, 0.29) is 0 Å². The van der Waals surface area contributed by atoms with Gasteiger partial charge in [0.1, 0.15) is 0 Å². The number of aryl methyl sites for hydroxylation is 1. The summed E-state index contributed by atoms with van der Waals surface area (Å²) in [6.45, 7) is 1.94. The molecule has 0 aliphatic rings. The van der Waals surface area contributed by atoms with Gasteiger partial charge in [-0.3, -0.25) is 0 Å². The highest BCUT2D eigenvalue weighted by atomic mass is 127. The molecule has 3 nitrogen and oxygen atoms in total. The Morgan fingerprint density at radius 1 is 1.12 bits per heavy atom. The third-order valence-electron chi connectivity index (χ3n) is 2.17. The fourth-order valence-corrected chi connectivity index (χ4v) is 1.70. The maximum Gasteiger partial charge on any atom is 0.153 e. The van der Waals surface area contributed by atoms with Crippen molar-refractivity contribution in [3.05, 3.63) is 45.7 Å². The minimum atomic E-state index is 0.657. The second-order valence-corrected chi connectivity index (χ2v) is 4.77. The summed E-state index contributed by atoms with van der Waals surface area (Å²) in [6.07, 6.45) is 0. The standard InChI is InChI=1S/C12H12IN3/c1-8-2-7-11(14)12(15-8)16-10-5-3-9(13)4-6-10/h2-7H,14H2,1H3,(H,15,16). The molecule has 0 amide bonds. The fourth-order valence-electron chi connectivity index (χ4n) is 1.34. The molecule has 2 rings (SSSR count). The molecule has 1 aromatic heterocycles. The predicted octanol–water partition coefficient (Wildman–Crippen LogP) is 3.32. The summed E-state index contributed by atoms with van der Waals surface area (Å²) in [6, 6.07) is 11.8. The fraction of sp³-hybridized carbons (Fsp3) is 0.0833. The topological polar surface area (TPSA) is 50.9 Å². The second kappa shape index (κ2) is 4.69. The van der Waals surface area contributed by atoms with Crippen LogP contribution in [0.25, 0.3) is 0 Å². The Labute approximate surface area is 108 Å². The first-order valence-electron chi connectivity index (χ1n) is 4.91.